The summed E-state index contributed by atoms with van der Waals surface area (Å²) in [7, 11) is 1.86. The fourth-order valence-electron chi connectivity index (χ4n) is 0.538. The molecule has 56 valence electrons. The van der Waals surface area contributed by atoms with Crippen molar-refractivity contribution in [2.24, 2.45) is 0 Å². The van der Waals surface area contributed by atoms with Gasteiger partial charge in [0.2, 0.25) is 0 Å². The van der Waals surface area contributed by atoms with Crippen LogP contribution in [0.15, 0.2) is 0 Å². The summed E-state index contributed by atoms with van der Waals surface area (Å²) in [6.07, 6.45) is 0. The molecule has 0 radical (unpaired) electrons. The van der Waals surface area contributed by atoms with E-state index in [0.29, 0.717) is 5.82 Å². The predicted molar refractivity (Wildman–Crippen MR) is 36.3 cm³/mol. The van der Waals surface area contributed by atoms with Gasteiger partial charge >= 0.3 is 0 Å². The Hall–Kier alpha value is -0.970. The van der Waals surface area contributed by atoms with Gasteiger partial charge in [0.25, 0.3) is 0 Å². The highest BCUT2D eigenvalue weighted by atomic mass is 15.5. The van der Waals surface area contributed by atoms with Crippen LogP contribution < -0.4 is 5.32 Å². The number of aromatic amines is 1. The molecule has 0 aromatic carbocycles. The van der Waals surface area contributed by atoms with Crippen LogP contribution >= 0.6 is 0 Å². The first-order valence-electron chi connectivity index (χ1n) is 3.09. The van der Waals surface area contributed by atoms with Crippen LogP contribution in [0, 0.1) is 0 Å². The monoisotopic (exact) mass is 141 g/mol. The topological polar surface area (TPSA) is 66.5 Å². The quantitative estimate of drug-likeness (QED) is 0.591. The van der Waals surface area contributed by atoms with Crippen molar-refractivity contribution in [2.45, 2.75) is 19.4 Å². The highest BCUT2D eigenvalue weighted by Crippen LogP contribution is 2.11. The lowest BCUT2D eigenvalue weighted by atomic mass is 10.1. The molecule has 1 aromatic rings. The normalized spacial score (nSPS) is 11.9. The van der Waals surface area contributed by atoms with E-state index in [1.807, 2.05) is 20.9 Å². The molecule has 1 heterocycles. The summed E-state index contributed by atoms with van der Waals surface area (Å²) in [5.41, 5.74) is -0.201. The molecule has 0 spiro atoms. The molecule has 0 saturated carbocycles. The Morgan fingerprint density at radius 3 is 2.60 bits per heavy atom. The minimum atomic E-state index is -0.201. The first kappa shape index (κ1) is 7.14. The molecule has 10 heavy (non-hydrogen) atoms. The second kappa shape index (κ2) is 2.34. The van der Waals surface area contributed by atoms with Crippen molar-refractivity contribution in [3.63, 3.8) is 0 Å². The van der Waals surface area contributed by atoms with E-state index in [9.17, 15) is 0 Å². The van der Waals surface area contributed by atoms with E-state index in [2.05, 4.69) is 25.9 Å². The number of H-pyrrole nitrogens is 1. The number of nitrogens with one attached hydrogen (secondary N) is 2. The van der Waals surface area contributed by atoms with Crippen molar-refractivity contribution in [3.8, 4) is 0 Å². The van der Waals surface area contributed by atoms with Crippen molar-refractivity contribution in [3.05, 3.63) is 5.82 Å². The van der Waals surface area contributed by atoms with Crippen LogP contribution in [-0.4, -0.2) is 27.7 Å². The van der Waals surface area contributed by atoms with Crippen LogP contribution in [0.4, 0.5) is 0 Å². The Bertz CT molecular complexity index is 190. The van der Waals surface area contributed by atoms with Crippen molar-refractivity contribution >= 4 is 0 Å². The minimum absolute atomic E-state index is 0.201. The molecule has 1 rings (SSSR count). The minimum Gasteiger partial charge on any atom is -0.308 e. The number of hydrogen-bond donors (Lipinski definition) is 2. The Kier molecular flexibility index (Phi) is 1.67. The second-order valence-corrected chi connectivity index (χ2v) is 2.61. The molecule has 0 fully saturated rings. The van der Waals surface area contributed by atoms with Gasteiger partial charge in [0.05, 0.1) is 5.54 Å². The highest BCUT2D eigenvalue weighted by molar-refractivity contribution is 4.95. The summed E-state index contributed by atoms with van der Waals surface area (Å²) in [5, 5.41) is 16.6. The van der Waals surface area contributed by atoms with E-state index in [1.54, 1.807) is 0 Å². The fourth-order valence-corrected chi connectivity index (χ4v) is 0.538. The first-order valence-corrected chi connectivity index (χ1v) is 3.09. The van der Waals surface area contributed by atoms with Crippen LogP contribution in [0.2, 0.25) is 0 Å². The summed E-state index contributed by atoms with van der Waals surface area (Å²) in [6.45, 7) is 3.97. The molecular weight excluding hydrogens is 130 g/mol. The SMILES string of the molecule is CNC(C)(C)c1nn[nH]n1. The van der Waals surface area contributed by atoms with Gasteiger partial charge in [0.15, 0.2) is 5.82 Å². The largest absolute Gasteiger partial charge is 0.308 e. The third-order valence-corrected chi connectivity index (χ3v) is 1.53. The van der Waals surface area contributed by atoms with Gasteiger partial charge in [-0.25, -0.2) is 0 Å². The zero-order chi connectivity index (χ0) is 7.61. The van der Waals surface area contributed by atoms with Crippen molar-refractivity contribution in [1.82, 2.24) is 25.9 Å². The molecule has 0 bridgehead atoms. The van der Waals surface area contributed by atoms with Crippen LogP contribution in [0.5, 0.6) is 0 Å². The van der Waals surface area contributed by atoms with Gasteiger partial charge < -0.3 is 5.32 Å². The summed E-state index contributed by atoms with van der Waals surface area (Å²) in [6, 6.07) is 0. The maximum atomic E-state index is 3.85. The summed E-state index contributed by atoms with van der Waals surface area (Å²) < 4.78 is 0. The zero-order valence-electron chi connectivity index (χ0n) is 6.34. The van der Waals surface area contributed by atoms with E-state index in [4.69, 9.17) is 0 Å². The smallest absolute Gasteiger partial charge is 0.193 e. The number of tetrazole rings is 1. The standard InChI is InChI=1S/C5H11N5/c1-5(2,6-3)4-7-9-10-8-4/h6H,1-3H3,(H,7,8,9,10). The Morgan fingerprint density at radius 2 is 2.20 bits per heavy atom. The van der Waals surface area contributed by atoms with Gasteiger partial charge in [-0.2, -0.15) is 5.21 Å². The zero-order valence-corrected chi connectivity index (χ0v) is 6.34. The Morgan fingerprint density at radius 1 is 1.50 bits per heavy atom. The van der Waals surface area contributed by atoms with Crippen molar-refractivity contribution in [2.75, 3.05) is 7.05 Å². The average Bonchev–Trinajstić information content (AvgIpc) is 2.38. The van der Waals surface area contributed by atoms with Crippen molar-refractivity contribution in [1.29, 1.82) is 0 Å². The molecule has 5 nitrogen and oxygen atoms in total. The Balaban J connectivity index is 2.85. The first-order chi connectivity index (χ1) is 4.67. The van der Waals surface area contributed by atoms with E-state index < -0.39 is 0 Å². The molecule has 0 saturated heterocycles. The Labute approximate surface area is 59.2 Å². The maximum Gasteiger partial charge on any atom is 0.193 e. The maximum absolute atomic E-state index is 3.85. The van der Waals surface area contributed by atoms with E-state index in [-0.39, 0.29) is 5.54 Å². The van der Waals surface area contributed by atoms with Gasteiger partial charge in [-0.3, -0.25) is 0 Å². The number of rotatable bonds is 2. The van der Waals surface area contributed by atoms with Gasteiger partial charge in [-0.1, -0.05) is 5.21 Å². The lowest BCUT2D eigenvalue weighted by Crippen LogP contribution is -2.34. The van der Waals surface area contributed by atoms with E-state index in [0.717, 1.165) is 0 Å². The molecule has 0 unspecified atom stereocenters. The molecule has 0 atom stereocenters. The highest BCUT2D eigenvalue weighted by Gasteiger charge is 2.21. The molecular formula is C5H11N5. The molecule has 1 aromatic heterocycles. The fraction of sp³-hybridized carbons (Fsp3) is 0.800. The third-order valence-electron chi connectivity index (χ3n) is 1.53. The predicted octanol–water partition coefficient (Wildman–Crippen LogP) is -0.346. The lowest BCUT2D eigenvalue weighted by molar-refractivity contribution is 0.417. The van der Waals surface area contributed by atoms with Gasteiger partial charge in [-0.05, 0) is 20.9 Å². The van der Waals surface area contributed by atoms with Gasteiger partial charge in [0.1, 0.15) is 0 Å². The van der Waals surface area contributed by atoms with Crippen LogP contribution in [0.1, 0.15) is 19.7 Å². The average molecular weight is 141 g/mol. The second-order valence-electron chi connectivity index (χ2n) is 2.61. The summed E-state index contributed by atoms with van der Waals surface area (Å²) in [5.74, 6) is 0.676. The van der Waals surface area contributed by atoms with E-state index >= 15 is 0 Å². The van der Waals surface area contributed by atoms with Crippen molar-refractivity contribution < 1.29 is 0 Å². The van der Waals surface area contributed by atoms with Gasteiger partial charge in [-0.15, -0.1) is 10.2 Å². The summed E-state index contributed by atoms with van der Waals surface area (Å²) >= 11 is 0. The number of nitrogens with zero attached hydrogens (tertiary/aromatic N) is 3. The molecule has 0 aliphatic rings. The summed E-state index contributed by atoms with van der Waals surface area (Å²) in [4.78, 5) is 0. The molecule has 0 amide bonds. The van der Waals surface area contributed by atoms with E-state index in [1.165, 1.54) is 0 Å². The lowest BCUT2D eigenvalue weighted by Gasteiger charge is -2.18. The molecule has 0 aliphatic heterocycles. The number of hydrogen-bond acceptors (Lipinski definition) is 4. The molecule has 2 N–H and O–H groups in total. The van der Waals surface area contributed by atoms with Crippen LogP contribution in [0.25, 0.3) is 0 Å². The third kappa shape index (κ3) is 1.13. The molecule has 5 heteroatoms. The van der Waals surface area contributed by atoms with Crippen LogP contribution in [0.3, 0.4) is 0 Å². The number of aromatic nitrogens is 4. The van der Waals surface area contributed by atoms with Gasteiger partial charge in [0, 0.05) is 0 Å². The van der Waals surface area contributed by atoms with Crippen LogP contribution in [-0.2, 0) is 5.54 Å². The molecule has 0 aliphatic carbocycles.